The van der Waals surface area contributed by atoms with Gasteiger partial charge >= 0.3 is 0 Å². The maximum atomic E-state index is 4.35. The van der Waals surface area contributed by atoms with E-state index in [1.807, 2.05) is 32.4 Å². The van der Waals surface area contributed by atoms with E-state index in [0.29, 0.717) is 0 Å². The summed E-state index contributed by atoms with van der Waals surface area (Å²) >= 11 is 1.43. The lowest BCUT2D eigenvalue weighted by Gasteiger charge is -2.16. The minimum absolute atomic E-state index is 0.0820. The highest BCUT2D eigenvalue weighted by Crippen LogP contribution is 2.30. The van der Waals surface area contributed by atoms with Crippen LogP contribution in [0.2, 0.25) is 0 Å². The number of nitrogens with one attached hydrogen (secondary N) is 1. The highest BCUT2D eigenvalue weighted by molar-refractivity contribution is 7.05. The predicted octanol–water partition coefficient (Wildman–Crippen LogP) is 2.70. The van der Waals surface area contributed by atoms with Gasteiger partial charge in [-0.2, -0.15) is 0 Å². The summed E-state index contributed by atoms with van der Waals surface area (Å²) in [5, 5.41) is 9.80. The van der Waals surface area contributed by atoms with Crippen LogP contribution in [0.3, 0.4) is 0 Å². The van der Waals surface area contributed by atoms with Gasteiger partial charge in [-0.15, -0.1) is 5.10 Å². The Kier molecular flexibility index (Phi) is 3.23. The van der Waals surface area contributed by atoms with Crippen LogP contribution in [0, 0.1) is 6.92 Å². The van der Waals surface area contributed by atoms with Crippen LogP contribution in [0.15, 0.2) is 36.7 Å². The average Bonchev–Trinajstić information content (AvgIpc) is 2.86. The molecule has 0 saturated heterocycles. The lowest BCUT2D eigenvalue weighted by atomic mass is 10.00. The van der Waals surface area contributed by atoms with Gasteiger partial charge in [-0.1, -0.05) is 28.8 Å². The van der Waals surface area contributed by atoms with E-state index >= 15 is 0 Å². The van der Waals surface area contributed by atoms with Gasteiger partial charge in [-0.25, -0.2) is 0 Å². The molecule has 3 rings (SSSR count). The fraction of sp³-hybridized carbons (Fsp3) is 0.214. The second-order valence-electron chi connectivity index (χ2n) is 4.39. The minimum Gasteiger partial charge on any atom is -0.308 e. The molecule has 2 heterocycles. The van der Waals surface area contributed by atoms with Gasteiger partial charge in [0.2, 0.25) is 0 Å². The molecule has 0 aliphatic rings. The van der Waals surface area contributed by atoms with Gasteiger partial charge in [0.1, 0.15) is 0 Å². The van der Waals surface area contributed by atoms with Crippen LogP contribution in [-0.2, 0) is 0 Å². The lowest BCUT2D eigenvalue weighted by molar-refractivity contribution is 0.699. The van der Waals surface area contributed by atoms with Gasteiger partial charge in [0.25, 0.3) is 0 Å². The number of aromatic nitrogens is 3. The highest BCUT2D eigenvalue weighted by Gasteiger charge is 2.19. The molecule has 0 saturated carbocycles. The number of fused-ring (bicyclic) bond motifs is 1. The number of nitrogens with zero attached hydrogens (tertiary/aromatic N) is 3. The summed E-state index contributed by atoms with van der Waals surface area (Å²) in [5.41, 5.74) is 2.13. The van der Waals surface area contributed by atoms with Crippen molar-refractivity contribution in [3.63, 3.8) is 0 Å². The Morgan fingerprint density at radius 1 is 1.21 bits per heavy atom. The van der Waals surface area contributed by atoms with Gasteiger partial charge in [0.05, 0.1) is 16.6 Å². The topological polar surface area (TPSA) is 50.7 Å². The number of hydrogen-bond acceptors (Lipinski definition) is 5. The van der Waals surface area contributed by atoms with Crippen LogP contribution >= 0.6 is 11.5 Å². The SMILES string of the molecule is CNC(c1snnc1C)c1cncc2ccccc12. The molecular formula is C14H14N4S. The lowest BCUT2D eigenvalue weighted by Crippen LogP contribution is -2.18. The first-order chi connectivity index (χ1) is 9.31. The third kappa shape index (κ3) is 2.11. The molecule has 0 aliphatic heterocycles. The van der Waals surface area contributed by atoms with Gasteiger partial charge in [-0.05, 0) is 30.9 Å². The van der Waals surface area contributed by atoms with Crippen LogP contribution in [0.5, 0.6) is 0 Å². The third-order valence-corrected chi connectivity index (χ3v) is 4.14. The van der Waals surface area contributed by atoms with Crippen molar-refractivity contribution in [1.29, 1.82) is 0 Å². The molecule has 19 heavy (non-hydrogen) atoms. The van der Waals surface area contributed by atoms with Crippen LogP contribution in [0.4, 0.5) is 0 Å². The average molecular weight is 270 g/mol. The highest BCUT2D eigenvalue weighted by atomic mass is 32.1. The van der Waals surface area contributed by atoms with Crippen molar-refractivity contribution >= 4 is 22.3 Å². The molecule has 1 N–H and O–H groups in total. The molecule has 4 nitrogen and oxygen atoms in total. The van der Waals surface area contributed by atoms with Crippen LogP contribution in [0.25, 0.3) is 10.8 Å². The van der Waals surface area contributed by atoms with Crippen molar-refractivity contribution in [3.05, 3.63) is 52.8 Å². The van der Waals surface area contributed by atoms with E-state index in [9.17, 15) is 0 Å². The van der Waals surface area contributed by atoms with E-state index in [1.54, 1.807) is 0 Å². The molecule has 2 aromatic heterocycles. The van der Waals surface area contributed by atoms with Crippen molar-refractivity contribution in [2.24, 2.45) is 0 Å². The van der Waals surface area contributed by atoms with Gasteiger partial charge in [0, 0.05) is 23.3 Å². The van der Waals surface area contributed by atoms with Crippen molar-refractivity contribution in [3.8, 4) is 0 Å². The minimum atomic E-state index is 0.0820. The molecule has 0 amide bonds. The summed E-state index contributed by atoms with van der Waals surface area (Å²) in [7, 11) is 1.95. The molecule has 1 aromatic carbocycles. The number of rotatable bonds is 3. The van der Waals surface area contributed by atoms with Crippen molar-refractivity contribution in [1.82, 2.24) is 19.9 Å². The van der Waals surface area contributed by atoms with Gasteiger partial charge in [0.15, 0.2) is 0 Å². The predicted molar refractivity (Wildman–Crippen MR) is 77.3 cm³/mol. The van der Waals surface area contributed by atoms with Crippen molar-refractivity contribution < 1.29 is 0 Å². The summed E-state index contributed by atoms with van der Waals surface area (Å²) in [6.07, 6.45) is 3.81. The van der Waals surface area contributed by atoms with E-state index in [2.05, 4.69) is 38.1 Å². The summed E-state index contributed by atoms with van der Waals surface area (Å²) in [5.74, 6) is 0. The molecule has 5 heteroatoms. The summed E-state index contributed by atoms with van der Waals surface area (Å²) < 4.78 is 4.03. The maximum Gasteiger partial charge on any atom is 0.0776 e. The zero-order chi connectivity index (χ0) is 13.2. The monoisotopic (exact) mass is 270 g/mol. The van der Waals surface area contributed by atoms with Crippen LogP contribution < -0.4 is 5.32 Å². The molecule has 1 unspecified atom stereocenters. The quantitative estimate of drug-likeness (QED) is 0.795. The van der Waals surface area contributed by atoms with Crippen molar-refractivity contribution in [2.45, 2.75) is 13.0 Å². The van der Waals surface area contributed by atoms with E-state index < -0.39 is 0 Å². The number of benzene rings is 1. The Balaban J connectivity index is 2.20. The number of pyridine rings is 1. The zero-order valence-corrected chi connectivity index (χ0v) is 11.6. The summed E-state index contributed by atoms with van der Waals surface area (Å²) in [6, 6.07) is 8.37. The van der Waals surface area contributed by atoms with Gasteiger partial charge in [-0.3, -0.25) is 4.98 Å². The van der Waals surface area contributed by atoms with E-state index in [0.717, 1.165) is 21.5 Å². The molecule has 0 spiro atoms. The Bertz CT molecular complexity index is 702. The summed E-state index contributed by atoms with van der Waals surface area (Å²) in [6.45, 7) is 1.99. The molecular weight excluding hydrogens is 256 g/mol. The first-order valence-corrected chi connectivity index (χ1v) is 6.87. The van der Waals surface area contributed by atoms with Crippen LogP contribution in [-0.4, -0.2) is 21.6 Å². The Morgan fingerprint density at radius 2 is 2.05 bits per heavy atom. The normalized spacial score (nSPS) is 12.7. The Morgan fingerprint density at radius 3 is 2.79 bits per heavy atom. The number of hydrogen-bond donors (Lipinski definition) is 1. The Hall–Kier alpha value is -1.85. The molecule has 1 atom stereocenters. The molecule has 0 bridgehead atoms. The van der Waals surface area contributed by atoms with Crippen molar-refractivity contribution in [2.75, 3.05) is 7.05 Å². The fourth-order valence-corrected chi connectivity index (χ4v) is 3.07. The largest absolute Gasteiger partial charge is 0.308 e. The zero-order valence-electron chi connectivity index (χ0n) is 10.8. The smallest absolute Gasteiger partial charge is 0.0776 e. The molecule has 3 aromatic rings. The van der Waals surface area contributed by atoms with Crippen LogP contribution in [0.1, 0.15) is 22.2 Å². The second-order valence-corrected chi connectivity index (χ2v) is 5.18. The molecule has 0 fully saturated rings. The Labute approximate surface area is 115 Å². The fourth-order valence-electron chi connectivity index (χ4n) is 2.30. The van der Waals surface area contributed by atoms with E-state index in [1.165, 1.54) is 16.9 Å². The standard InChI is InChI=1S/C14H14N4S/c1-9-14(19-18-17-9)13(15-2)12-8-16-7-10-5-3-4-6-11(10)12/h3-8,13,15H,1-2H3. The molecule has 0 aliphatic carbocycles. The van der Waals surface area contributed by atoms with Gasteiger partial charge < -0.3 is 5.32 Å². The maximum absolute atomic E-state index is 4.35. The second kappa shape index (κ2) is 5.03. The third-order valence-electron chi connectivity index (χ3n) is 3.25. The van der Waals surface area contributed by atoms with E-state index in [4.69, 9.17) is 0 Å². The first kappa shape index (κ1) is 12.2. The summed E-state index contributed by atoms with van der Waals surface area (Å²) in [4.78, 5) is 5.48. The van der Waals surface area contributed by atoms with E-state index in [-0.39, 0.29) is 6.04 Å². The first-order valence-electron chi connectivity index (χ1n) is 6.10. The number of aryl methyl sites for hydroxylation is 1. The molecule has 96 valence electrons. The molecule has 0 radical (unpaired) electrons.